The summed E-state index contributed by atoms with van der Waals surface area (Å²) in [6, 6.07) is 3.50. The molecule has 2 heterocycles. The summed E-state index contributed by atoms with van der Waals surface area (Å²) in [4.78, 5) is 28.0. The molecule has 1 aliphatic carbocycles. The number of nitrogens with zero attached hydrogens (tertiary/aromatic N) is 2. The van der Waals surface area contributed by atoms with Crippen LogP contribution in [0, 0.1) is 35.8 Å². The van der Waals surface area contributed by atoms with Gasteiger partial charge >= 0.3 is 0 Å². The Labute approximate surface area is 190 Å². The number of nitrogens with one attached hydrogen (secondary N) is 2. The fraction of sp³-hybridized carbons (Fsp3) is 0.458. The van der Waals surface area contributed by atoms with E-state index in [9.17, 15) is 18.4 Å². The van der Waals surface area contributed by atoms with Crippen LogP contribution in [0.2, 0.25) is 0 Å². The zero-order chi connectivity index (χ0) is 23.5. The van der Waals surface area contributed by atoms with Crippen LogP contribution in [0.1, 0.15) is 36.7 Å². The molecule has 1 saturated carbocycles. The van der Waals surface area contributed by atoms with Crippen LogP contribution in [-0.2, 0) is 4.79 Å². The highest BCUT2D eigenvalue weighted by atomic mass is 19.1. The van der Waals surface area contributed by atoms with Gasteiger partial charge in [0.25, 0.3) is 5.91 Å². The molecule has 3 atom stereocenters. The molecule has 7 nitrogen and oxygen atoms in total. The van der Waals surface area contributed by atoms with E-state index in [0.29, 0.717) is 18.9 Å². The van der Waals surface area contributed by atoms with Crippen LogP contribution in [0.25, 0.3) is 11.3 Å². The number of halogens is 2. The van der Waals surface area contributed by atoms with Crippen LogP contribution in [0.4, 0.5) is 8.78 Å². The highest BCUT2D eigenvalue weighted by Crippen LogP contribution is 2.31. The average Bonchev–Trinajstić information content (AvgIpc) is 3.46. The maximum absolute atomic E-state index is 14.0. The van der Waals surface area contributed by atoms with Crippen molar-refractivity contribution in [3.8, 4) is 23.7 Å². The second-order valence-corrected chi connectivity index (χ2v) is 8.78. The number of rotatable bonds is 7. The summed E-state index contributed by atoms with van der Waals surface area (Å²) in [7, 11) is 0. The molecule has 4 rings (SSSR count). The number of likely N-dealkylation sites (tertiary alicyclic amines) is 1. The number of amides is 2. The van der Waals surface area contributed by atoms with Gasteiger partial charge in [0.15, 0.2) is 11.5 Å². The van der Waals surface area contributed by atoms with Crippen molar-refractivity contribution < 1.29 is 22.9 Å². The van der Waals surface area contributed by atoms with E-state index in [1.807, 2.05) is 0 Å². The molecule has 9 heteroatoms. The Kier molecular flexibility index (Phi) is 6.75. The van der Waals surface area contributed by atoms with Gasteiger partial charge in [0.05, 0.1) is 17.5 Å². The van der Waals surface area contributed by atoms with Gasteiger partial charge in [0, 0.05) is 37.8 Å². The van der Waals surface area contributed by atoms with Crippen molar-refractivity contribution >= 4 is 11.8 Å². The topological polar surface area (TPSA) is 87.5 Å². The molecule has 1 aromatic heterocycles. The summed E-state index contributed by atoms with van der Waals surface area (Å²) in [5.41, 5.74) is -0.0536. The maximum atomic E-state index is 14.0. The molecular weight excluding hydrogens is 430 g/mol. The van der Waals surface area contributed by atoms with E-state index < -0.39 is 35.5 Å². The zero-order valence-electron chi connectivity index (χ0n) is 18.3. The highest BCUT2D eigenvalue weighted by molar-refractivity contribution is 5.94. The monoisotopic (exact) mass is 456 g/mol. The van der Waals surface area contributed by atoms with Crippen LogP contribution in [0.3, 0.4) is 0 Å². The molecule has 0 bridgehead atoms. The van der Waals surface area contributed by atoms with Crippen molar-refractivity contribution in [1.29, 1.82) is 0 Å². The molecule has 1 saturated heterocycles. The van der Waals surface area contributed by atoms with Gasteiger partial charge in [-0.05, 0) is 44.2 Å². The van der Waals surface area contributed by atoms with Gasteiger partial charge in [-0.1, -0.05) is 11.1 Å². The van der Waals surface area contributed by atoms with Crippen LogP contribution >= 0.6 is 0 Å². The number of hydrogen-bond donors (Lipinski definition) is 2. The molecule has 1 aliphatic heterocycles. The van der Waals surface area contributed by atoms with E-state index in [1.54, 1.807) is 6.92 Å². The number of piperidine rings is 1. The quantitative estimate of drug-likeness (QED) is 0.626. The van der Waals surface area contributed by atoms with Crippen molar-refractivity contribution in [3.05, 3.63) is 41.6 Å². The Morgan fingerprint density at radius 2 is 2.09 bits per heavy atom. The van der Waals surface area contributed by atoms with E-state index in [4.69, 9.17) is 10.9 Å². The minimum absolute atomic E-state index is 0.00291. The summed E-state index contributed by atoms with van der Waals surface area (Å²) >= 11 is 0. The van der Waals surface area contributed by atoms with Crippen LogP contribution in [0.5, 0.6) is 0 Å². The first kappa shape index (κ1) is 22.9. The van der Waals surface area contributed by atoms with Gasteiger partial charge in [-0.2, -0.15) is 0 Å². The SMILES string of the molecule is C#CC(C)NC(=O)[C@H]1CN(CC2CC2)CC[C@@H]1NC(=O)c1cc(-c2ccc(F)cc2F)on1. The molecule has 1 unspecified atom stereocenters. The Morgan fingerprint density at radius 3 is 2.79 bits per heavy atom. The van der Waals surface area contributed by atoms with E-state index >= 15 is 0 Å². The minimum atomic E-state index is -0.819. The van der Waals surface area contributed by atoms with E-state index in [0.717, 1.165) is 25.2 Å². The van der Waals surface area contributed by atoms with Crippen molar-refractivity contribution in [2.24, 2.45) is 11.8 Å². The number of carbonyl (C=O) groups is 2. The first-order valence-electron chi connectivity index (χ1n) is 11.1. The number of hydrogen-bond acceptors (Lipinski definition) is 5. The lowest BCUT2D eigenvalue weighted by molar-refractivity contribution is -0.127. The van der Waals surface area contributed by atoms with Crippen molar-refractivity contribution in [3.63, 3.8) is 0 Å². The average molecular weight is 456 g/mol. The van der Waals surface area contributed by atoms with Gasteiger partial charge in [0.1, 0.15) is 11.6 Å². The first-order chi connectivity index (χ1) is 15.8. The normalized spacial score (nSPS) is 21.8. The lowest BCUT2D eigenvalue weighted by Crippen LogP contribution is -2.56. The van der Waals surface area contributed by atoms with E-state index in [1.165, 1.54) is 25.0 Å². The minimum Gasteiger partial charge on any atom is -0.355 e. The summed E-state index contributed by atoms with van der Waals surface area (Å²) in [6.07, 6.45) is 8.42. The molecule has 2 fully saturated rings. The van der Waals surface area contributed by atoms with Gasteiger partial charge in [0.2, 0.25) is 5.91 Å². The molecule has 2 aromatic rings. The molecular formula is C24H26F2N4O3. The maximum Gasteiger partial charge on any atom is 0.273 e. The van der Waals surface area contributed by atoms with Crippen molar-refractivity contribution in [1.82, 2.24) is 20.7 Å². The molecule has 2 aliphatic rings. The van der Waals surface area contributed by atoms with E-state index in [2.05, 4.69) is 26.6 Å². The third kappa shape index (κ3) is 5.57. The standard InChI is InChI=1S/C24H26F2N4O3/c1-3-14(2)27-23(31)18-13-30(12-15-4-5-15)9-8-20(18)28-24(32)21-11-22(33-29-21)17-7-6-16(25)10-19(17)26/h1,6-7,10-11,14-15,18,20H,4-5,8-9,12-13H2,2H3,(H,27,31)(H,28,32)/t14?,18-,20-/m0/s1. The number of benzene rings is 1. The fourth-order valence-corrected chi connectivity index (χ4v) is 4.09. The third-order valence-electron chi connectivity index (χ3n) is 6.11. The van der Waals surface area contributed by atoms with Gasteiger partial charge < -0.3 is 20.1 Å². The van der Waals surface area contributed by atoms with E-state index in [-0.39, 0.29) is 22.9 Å². The van der Waals surface area contributed by atoms with Crippen molar-refractivity contribution in [2.75, 3.05) is 19.6 Å². The zero-order valence-corrected chi connectivity index (χ0v) is 18.3. The van der Waals surface area contributed by atoms with Gasteiger partial charge in [-0.25, -0.2) is 8.78 Å². The van der Waals surface area contributed by atoms with Crippen LogP contribution in [-0.4, -0.2) is 53.6 Å². The summed E-state index contributed by atoms with van der Waals surface area (Å²) in [5.74, 6) is 0.431. The predicted molar refractivity (Wildman–Crippen MR) is 117 cm³/mol. The van der Waals surface area contributed by atoms with Gasteiger partial charge in [-0.15, -0.1) is 6.42 Å². The smallest absolute Gasteiger partial charge is 0.273 e. The molecule has 33 heavy (non-hydrogen) atoms. The number of aromatic nitrogens is 1. The Morgan fingerprint density at radius 1 is 1.30 bits per heavy atom. The molecule has 1 aromatic carbocycles. The third-order valence-corrected chi connectivity index (χ3v) is 6.11. The Bertz CT molecular complexity index is 1080. The molecule has 2 N–H and O–H groups in total. The molecule has 0 spiro atoms. The highest BCUT2D eigenvalue weighted by Gasteiger charge is 2.37. The lowest BCUT2D eigenvalue weighted by atomic mass is 9.90. The summed E-state index contributed by atoms with van der Waals surface area (Å²) in [6.45, 7) is 3.96. The lowest BCUT2D eigenvalue weighted by Gasteiger charge is -2.38. The molecule has 0 radical (unpaired) electrons. The summed E-state index contributed by atoms with van der Waals surface area (Å²) < 4.78 is 32.3. The van der Waals surface area contributed by atoms with Crippen LogP contribution in [0.15, 0.2) is 28.8 Å². The second-order valence-electron chi connectivity index (χ2n) is 8.78. The van der Waals surface area contributed by atoms with Gasteiger partial charge in [-0.3, -0.25) is 9.59 Å². The predicted octanol–water partition coefficient (Wildman–Crippen LogP) is 2.59. The second kappa shape index (κ2) is 9.71. The number of terminal acetylenes is 1. The Hall–Kier alpha value is -3.25. The first-order valence-corrected chi connectivity index (χ1v) is 11.1. The molecule has 2 amide bonds. The Balaban J connectivity index is 1.46. The number of carbonyl (C=O) groups excluding carboxylic acids is 2. The van der Waals surface area contributed by atoms with Crippen molar-refractivity contribution in [2.45, 2.75) is 38.3 Å². The summed E-state index contributed by atoms with van der Waals surface area (Å²) in [5, 5.41) is 9.42. The fourth-order valence-electron chi connectivity index (χ4n) is 4.09. The molecule has 174 valence electrons. The van der Waals surface area contributed by atoms with Crippen LogP contribution < -0.4 is 10.6 Å². The largest absolute Gasteiger partial charge is 0.355 e.